The van der Waals surface area contributed by atoms with Gasteiger partial charge >= 0.3 is 0 Å². The third-order valence-electron chi connectivity index (χ3n) is 3.50. The first-order valence-electron chi connectivity index (χ1n) is 7.18. The number of rotatable bonds is 3. The van der Waals surface area contributed by atoms with E-state index in [4.69, 9.17) is 4.74 Å². The van der Waals surface area contributed by atoms with Gasteiger partial charge in [-0.1, -0.05) is 13.0 Å². The first kappa shape index (κ1) is 14.0. The van der Waals surface area contributed by atoms with Crippen LogP contribution in [0.2, 0.25) is 0 Å². The number of aromatic hydroxyl groups is 1. The van der Waals surface area contributed by atoms with Crippen molar-refractivity contribution in [3.63, 3.8) is 0 Å². The first-order chi connectivity index (χ1) is 8.97. The van der Waals surface area contributed by atoms with E-state index in [1.807, 2.05) is 32.9 Å². The molecule has 1 aromatic rings. The highest BCUT2D eigenvalue weighted by molar-refractivity contribution is 5.76. The fourth-order valence-corrected chi connectivity index (χ4v) is 2.74. The SMILES string of the molecule is Cc1cc(O)c(C2=C[C@H](C)CCC2)c(OC(C)C)c1. The summed E-state index contributed by atoms with van der Waals surface area (Å²) in [4.78, 5) is 0. The number of aryl methyl sites for hydroxylation is 1. The second-order valence-electron chi connectivity index (χ2n) is 5.89. The number of phenols is 1. The van der Waals surface area contributed by atoms with Gasteiger partial charge in [0.15, 0.2) is 0 Å². The van der Waals surface area contributed by atoms with Crippen LogP contribution in [0.25, 0.3) is 5.57 Å². The minimum atomic E-state index is 0.113. The maximum atomic E-state index is 10.3. The summed E-state index contributed by atoms with van der Waals surface area (Å²) in [6, 6.07) is 3.85. The molecule has 1 N–H and O–H groups in total. The molecule has 1 aliphatic rings. The van der Waals surface area contributed by atoms with Gasteiger partial charge in [0.1, 0.15) is 11.5 Å². The average molecular weight is 260 g/mol. The minimum Gasteiger partial charge on any atom is -0.507 e. The average Bonchev–Trinajstić information content (AvgIpc) is 2.26. The number of phenolic OH excluding ortho intramolecular Hbond substituents is 1. The van der Waals surface area contributed by atoms with Crippen LogP contribution in [0.1, 0.15) is 51.2 Å². The van der Waals surface area contributed by atoms with Gasteiger partial charge in [-0.25, -0.2) is 0 Å². The molecule has 1 atom stereocenters. The summed E-state index contributed by atoms with van der Waals surface area (Å²) in [6.07, 6.45) is 5.83. The van der Waals surface area contributed by atoms with Crippen LogP contribution in [0.4, 0.5) is 0 Å². The highest BCUT2D eigenvalue weighted by Crippen LogP contribution is 2.41. The lowest BCUT2D eigenvalue weighted by Gasteiger charge is -2.22. The molecule has 0 fully saturated rings. The van der Waals surface area contributed by atoms with Crippen LogP contribution in [0.15, 0.2) is 18.2 Å². The molecule has 0 spiro atoms. The molecule has 0 heterocycles. The van der Waals surface area contributed by atoms with Crippen molar-refractivity contribution in [2.45, 2.75) is 53.1 Å². The molecule has 0 saturated heterocycles. The van der Waals surface area contributed by atoms with E-state index in [9.17, 15) is 5.11 Å². The molecule has 1 aromatic carbocycles. The fourth-order valence-electron chi connectivity index (χ4n) is 2.74. The monoisotopic (exact) mass is 260 g/mol. The standard InChI is InChI=1S/C17H24O2/c1-11(2)19-16-10-13(4)9-15(18)17(16)14-7-5-6-12(3)8-14/h8-12,18H,5-7H2,1-4H3/t12-/m1/s1. The molecule has 104 valence electrons. The molecule has 0 aliphatic heterocycles. The van der Waals surface area contributed by atoms with Gasteiger partial charge in [-0.3, -0.25) is 0 Å². The number of ether oxygens (including phenoxy) is 1. The Kier molecular flexibility index (Phi) is 4.18. The van der Waals surface area contributed by atoms with Gasteiger partial charge < -0.3 is 9.84 Å². The van der Waals surface area contributed by atoms with Gasteiger partial charge in [0.25, 0.3) is 0 Å². The summed E-state index contributed by atoms with van der Waals surface area (Å²) in [6.45, 7) is 8.24. The lowest BCUT2D eigenvalue weighted by molar-refractivity contribution is 0.240. The highest BCUT2D eigenvalue weighted by Gasteiger charge is 2.19. The second-order valence-corrected chi connectivity index (χ2v) is 5.89. The van der Waals surface area contributed by atoms with E-state index in [-0.39, 0.29) is 6.10 Å². The van der Waals surface area contributed by atoms with E-state index in [2.05, 4.69) is 13.0 Å². The zero-order valence-corrected chi connectivity index (χ0v) is 12.4. The molecule has 0 amide bonds. The Labute approximate surface area is 116 Å². The normalized spacial score (nSPS) is 19.4. The summed E-state index contributed by atoms with van der Waals surface area (Å²) in [7, 11) is 0. The quantitative estimate of drug-likeness (QED) is 0.854. The predicted octanol–water partition coefficient (Wildman–Crippen LogP) is 4.69. The van der Waals surface area contributed by atoms with Crippen molar-refractivity contribution in [2.75, 3.05) is 0 Å². The van der Waals surface area contributed by atoms with Gasteiger partial charge in [-0.05, 0) is 69.2 Å². The lowest BCUT2D eigenvalue weighted by Crippen LogP contribution is -2.09. The van der Waals surface area contributed by atoms with E-state index in [1.54, 1.807) is 0 Å². The summed E-state index contributed by atoms with van der Waals surface area (Å²) in [5.41, 5.74) is 3.15. The second kappa shape index (κ2) is 5.68. The van der Waals surface area contributed by atoms with E-state index in [1.165, 1.54) is 18.4 Å². The zero-order valence-electron chi connectivity index (χ0n) is 12.4. The molecule has 0 radical (unpaired) electrons. The van der Waals surface area contributed by atoms with Crippen LogP contribution in [-0.4, -0.2) is 11.2 Å². The van der Waals surface area contributed by atoms with E-state index in [0.717, 1.165) is 23.3 Å². The van der Waals surface area contributed by atoms with Crippen LogP contribution in [-0.2, 0) is 0 Å². The Bertz CT molecular complexity index is 486. The van der Waals surface area contributed by atoms with Crippen LogP contribution in [0.3, 0.4) is 0 Å². The molecule has 19 heavy (non-hydrogen) atoms. The number of allylic oxidation sites excluding steroid dienone is 2. The van der Waals surface area contributed by atoms with E-state index in [0.29, 0.717) is 11.7 Å². The molecular formula is C17H24O2. The minimum absolute atomic E-state index is 0.113. The lowest BCUT2D eigenvalue weighted by atomic mass is 9.87. The van der Waals surface area contributed by atoms with Crippen LogP contribution in [0, 0.1) is 12.8 Å². The topological polar surface area (TPSA) is 29.5 Å². The van der Waals surface area contributed by atoms with Gasteiger partial charge in [0, 0.05) is 0 Å². The molecule has 0 bridgehead atoms. The number of benzene rings is 1. The van der Waals surface area contributed by atoms with Crippen molar-refractivity contribution in [1.29, 1.82) is 0 Å². The van der Waals surface area contributed by atoms with Gasteiger partial charge in [-0.15, -0.1) is 0 Å². The van der Waals surface area contributed by atoms with Gasteiger partial charge in [-0.2, -0.15) is 0 Å². The zero-order chi connectivity index (χ0) is 14.0. The van der Waals surface area contributed by atoms with Crippen LogP contribution >= 0.6 is 0 Å². The maximum Gasteiger partial charge on any atom is 0.131 e. The Morgan fingerprint density at radius 1 is 1.32 bits per heavy atom. The number of hydrogen-bond acceptors (Lipinski definition) is 2. The van der Waals surface area contributed by atoms with Crippen molar-refractivity contribution in [3.8, 4) is 11.5 Å². The third-order valence-corrected chi connectivity index (χ3v) is 3.50. The Morgan fingerprint density at radius 2 is 2.05 bits per heavy atom. The molecule has 0 saturated carbocycles. The van der Waals surface area contributed by atoms with Crippen molar-refractivity contribution >= 4 is 5.57 Å². The Hall–Kier alpha value is -1.44. The van der Waals surface area contributed by atoms with Gasteiger partial charge in [0.05, 0.1) is 11.7 Å². The molecule has 1 aliphatic carbocycles. The summed E-state index contributed by atoms with van der Waals surface area (Å²) in [5, 5.41) is 10.3. The summed E-state index contributed by atoms with van der Waals surface area (Å²) >= 11 is 0. The molecule has 2 nitrogen and oxygen atoms in total. The molecule has 0 aromatic heterocycles. The smallest absolute Gasteiger partial charge is 0.131 e. The third kappa shape index (κ3) is 3.31. The maximum absolute atomic E-state index is 10.3. The van der Waals surface area contributed by atoms with Crippen LogP contribution in [0.5, 0.6) is 11.5 Å². The van der Waals surface area contributed by atoms with Crippen molar-refractivity contribution in [2.24, 2.45) is 5.92 Å². The summed E-state index contributed by atoms with van der Waals surface area (Å²) < 4.78 is 5.89. The number of hydrogen-bond donors (Lipinski definition) is 1. The fraction of sp³-hybridized carbons (Fsp3) is 0.529. The Balaban J connectivity index is 2.48. The van der Waals surface area contributed by atoms with Crippen LogP contribution < -0.4 is 4.74 Å². The molecule has 0 unspecified atom stereocenters. The molecule has 2 rings (SSSR count). The van der Waals surface area contributed by atoms with E-state index < -0.39 is 0 Å². The molecule has 2 heteroatoms. The predicted molar refractivity (Wildman–Crippen MR) is 79.6 cm³/mol. The summed E-state index contributed by atoms with van der Waals surface area (Å²) in [5.74, 6) is 1.74. The highest BCUT2D eigenvalue weighted by atomic mass is 16.5. The largest absolute Gasteiger partial charge is 0.507 e. The van der Waals surface area contributed by atoms with Crippen molar-refractivity contribution in [3.05, 3.63) is 29.3 Å². The van der Waals surface area contributed by atoms with Gasteiger partial charge in [0.2, 0.25) is 0 Å². The molecular weight excluding hydrogens is 236 g/mol. The Morgan fingerprint density at radius 3 is 2.68 bits per heavy atom. The van der Waals surface area contributed by atoms with Crippen molar-refractivity contribution < 1.29 is 9.84 Å². The first-order valence-corrected chi connectivity index (χ1v) is 7.18. The van der Waals surface area contributed by atoms with Crippen molar-refractivity contribution in [1.82, 2.24) is 0 Å². The van der Waals surface area contributed by atoms with E-state index >= 15 is 0 Å².